The summed E-state index contributed by atoms with van der Waals surface area (Å²) in [6.07, 6.45) is -1.33. The van der Waals surface area contributed by atoms with Crippen molar-refractivity contribution in [1.82, 2.24) is 0 Å². The largest absolute Gasteiger partial charge is 0.342 e. The molecule has 5 heteroatoms. The molecule has 19 heavy (non-hydrogen) atoms. The molecule has 5 nitrogen and oxygen atoms in total. The van der Waals surface area contributed by atoms with Gasteiger partial charge in [0.2, 0.25) is 0 Å². The van der Waals surface area contributed by atoms with E-state index in [9.17, 15) is 0 Å². The standard InChI is InChI=1S/C14H22O5/c1-7(2)8-9-10(17-13(3,4)16-9)11-12(15-8)19-14(5,6)18-11/h8-12H,1H2,2-6H3/t8-,9+,10-,11+,12+/m1/s1. The summed E-state index contributed by atoms with van der Waals surface area (Å²) in [5.74, 6) is -1.31. The van der Waals surface area contributed by atoms with Gasteiger partial charge in [-0.2, -0.15) is 0 Å². The lowest BCUT2D eigenvalue weighted by atomic mass is 9.95. The summed E-state index contributed by atoms with van der Waals surface area (Å²) in [6, 6.07) is 0. The molecule has 0 spiro atoms. The van der Waals surface area contributed by atoms with E-state index < -0.39 is 17.9 Å². The molecule has 0 N–H and O–H groups in total. The van der Waals surface area contributed by atoms with Crippen molar-refractivity contribution in [3.05, 3.63) is 12.2 Å². The van der Waals surface area contributed by atoms with Gasteiger partial charge < -0.3 is 23.7 Å². The summed E-state index contributed by atoms with van der Waals surface area (Å²) < 4.78 is 29.6. The van der Waals surface area contributed by atoms with Gasteiger partial charge in [-0.1, -0.05) is 6.58 Å². The number of rotatable bonds is 1. The molecule has 108 valence electrons. The van der Waals surface area contributed by atoms with Crippen molar-refractivity contribution in [3.8, 4) is 0 Å². The van der Waals surface area contributed by atoms with Crippen molar-refractivity contribution >= 4 is 0 Å². The van der Waals surface area contributed by atoms with Gasteiger partial charge >= 0.3 is 0 Å². The molecule has 3 fully saturated rings. The van der Waals surface area contributed by atoms with Gasteiger partial charge in [-0.15, -0.1) is 0 Å². The Kier molecular flexibility index (Phi) is 2.86. The minimum Gasteiger partial charge on any atom is -0.342 e. The van der Waals surface area contributed by atoms with Crippen LogP contribution in [0.25, 0.3) is 0 Å². The fourth-order valence-electron chi connectivity index (χ4n) is 3.01. The Morgan fingerprint density at radius 2 is 1.37 bits per heavy atom. The lowest BCUT2D eigenvalue weighted by molar-refractivity contribution is -0.224. The zero-order valence-electron chi connectivity index (χ0n) is 12.1. The maximum absolute atomic E-state index is 5.99. The molecule has 0 aliphatic carbocycles. The van der Waals surface area contributed by atoms with E-state index in [0.717, 1.165) is 5.57 Å². The van der Waals surface area contributed by atoms with E-state index in [0.29, 0.717) is 0 Å². The zero-order valence-corrected chi connectivity index (χ0v) is 12.1. The van der Waals surface area contributed by atoms with Gasteiger partial charge in [0.15, 0.2) is 17.9 Å². The second-order valence-corrected chi connectivity index (χ2v) is 6.44. The van der Waals surface area contributed by atoms with E-state index in [1.165, 1.54) is 0 Å². The van der Waals surface area contributed by atoms with Crippen LogP contribution >= 0.6 is 0 Å². The Morgan fingerprint density at radius 3 is 2.00 bits per heavy atom. The van der Waals surface area contributed by atoms with Crippen molar-refractivity contribution in [2.75, 3.05) is 0 Å². The minimum atomic E-state index is -0.667. The van der Waals surface area contributed by atoms with Crippen LogP contribution in [0.3, 0.4) is 0 Å². The first-order valence-corrected chi connectivity index (χ1v) is 6.71. The van der Waals surface area contributed by atoms with Crippen molar-refractivity contribution in [2.24, 2.45) is 0 Å². The molecule has 0 amide bonds. The average Bonchev–Trinajstić information content (AvgIpc) is 2.70. The fraction of sp³-hybridized carbons (Fsp3) is 0.857. The second-order valence-electron chi connectivity index (χ2n) is 6.44. The molecule has 0 aromatic heterocycles. The molecule has 3 aliphatic heterocycles. The third kappa shape index (κ3) is 2.23. The van der Waals surface area contributed by atoms with Gasteiger partial charge in [-0.25, -0.2) is 0 Å². The van der Waals surface area contributed by atoms with Gasteiger partial charge in [0.25, 0.3) is 0 Å². The average molecular weight is 270 g/mol. The molecule has 0 radical (unpaired) electrons. The highest BCUT2D eigenvalue weighted by atomic mass is 16.9. The number of ether oxygens (including phenoxy) is 5. The zero-order chi connectivity index (χ0) is 14.0. The molecule has 0 aromatic rings. The smallest absolute Gasteiger partial charge is 0.190 e. The summed E-state index contributed by atoms with van der Waals surface area (Å²) in [5.41, 5.74) is 0.906. The Labute approximate surface area is 113 Å². The van der Waals surface area contributed by atoms with Crippen LogP contribution in [0.4, 0.5) is 0 Å². The summed E-state index contributed by atoms with van der Waals surface area (Å²) >= 11 is 0. The van der Waals surface area contributed by atoms with Crippen molar-refractivity contribution in [3.63, 3.8) is 0 Å². The number of fused-ring (bicyclic) bond motifs is 3. The van der Waals surface area contributed by atoms with E-state index >= 15 is 0 Å². The van der Waals surface area contributed by atoms with E-state index in [1.54, 1.807) is 0 Å². The SMILES string of the molecule is C=C(C)[C@H]1O[C@H]2OC(C)(C)O[C@H]2[C@@H]2OC(C)(C)O[C@H]21. The minimum absolute atomic E-state index is 0.197. The first-order valence-electron chi connectivity index (χ1n) is 6.71. The summed E-state index contributed by atoms with van der Waals surface area (Å²) in [6.45, 7) is 13.5. The highest BCUT2D eigenvalue weighted by Crippen LogP contribution is 2.45. The molecular formula is C14H22O5. The first kappa shape index (κ1) is 13.5. The molecule has 5 atom stereocenters. The monoisotopic (exact) mass is 270 g/mol. The van der Waals surface area contributed by atoms with Crippen molar-refractivity contribution in [1.29, 1.82) is 0 Å². The van der Waals surface area contributed by atoms with Crippen LogP contribution in [-0.4, -0.2) is 42.3 Å². The van der Waals surface area contributed by atoms with Crippen LogP contribution in [0.5, 0.6) is 0 Å². The molecule has 3 heterocycles. The second kappa shape index (κ2) is 4.02. The van der Waals surface area contributed by atoms with E-state index in [-0.39, 0.29) is 24.4 Å². The molecule has 0 saturated carbocycles. The number of hydrogen-bond donors (Lipinski definition) is 0. The van der Waals surface area contributed by atoms with Crippen LogP contribution in [0, 0.1) is 0 Å². The van der Waals surface area contributed by atoms with Crippen molar-refractivity contribution in [2.45, 2.75) is 76.9 Å². The maximum atomic E-state index is 5.99. The van der Waals surface area contributed by atoms with Crippen LogP contribution in [0.2, 0.25) is 0 Å². The Bertz CT molecular complexity index is 403. The van der Waals surface area contributed by atoms with E-state index in [1.807, 2.05) is 34.6 Å². The van der Waals surface area contributed by atoms with Gasteiger partial charge in [0, 0.05) is 0 Å². The van der Waals surface area contributed by atoms with Crippen LogP contribution in [-0.2, 0) is 23.7 Å². The summed E-state index contributed by atoms with van der Waals surface area (Å²) in [4.78, 5) is 0. The van der Waals surface area contributed by atoms with Gasteiger partial charge in [0.1, 0.15) is 24.4 Å². The Morgan fingerprint density at radius 1 is 0.842 bits per heavy atom. The molecule has 0 bridgehead atoms. The predicted molar refractivity (Wildman–Crippen MR) is 67.3 cm³/mol. The molecule has 0 aromatic carbocycles. The first-order chi connectivity index (χ1) is 8.69. The maximum Gasteiger partial charge on any atom is 0.190 e. The van der Waals surface area contributed by atoms with Gasteiger partial charge in [-0.05, 0) is 40.2 Å². The lowest BCUT2D eigenvalue weighted by Gasteiger charge is -2.37. The molecule has 3 aliphatic rings. The molecule has 0 unspecified atom stereocenters. The van der Waals surface area contributed by atoms with Crippen LogP contribution in [0.1, 0.15) is 34.6 Å². The quantitative estimate of drug-likeness (QED) is 0.682. The fourth-order valence-corrected chi connectivity index (χ4v) is 3.01. The normalized spacial score (nSPS) is 46.7. The predicted octanol–water partition coefficient (Wildman–Crippen LogP) is 1.96. The highest BCUT2D eigenvalue weighted by Gasteiger charge is 2.60. The topological polar surface area (TPSA) is 46.2 Å². The molecular weight excluding hydrogens is 248 g/mol. The van der Waals surface area contributed by atoms with Crippen LogP contribution < -0.4 is 0 Å². The lowest BCUT2D eigenvalue weighted by Crippen LogP contribution is -2.55. The Hall–Kier alpha value is -0.460. The third-order valence-electron chi connectivity index (χ3n) is 3.64. The summed E-state index contributed by atoms with van der Waals surface area (Å²) in [5, 5.41) is 0. The van der Waals surface area contributed by atoms with Gasteiger partial charge in [-0.3, -0.25) is 0 Å². The molecule has 3 rings (SSSR count). The van der Waals surface area contributed by atoms with Crippen LogP contribution in [0.15, 0.2) is 12.2 Å². The molecule has 3 saturated heterocycles. The highest BCUT2D eigenvalue weighted by molar-refractivity contribution is 5.11. The Balaban J connectivity index is 1.91. The summed E-state index contributed by atoms with van der Waals surface area (Å²) in [7, 11) is 0. The van der Waals surface area contributed by atoms with Crippen molar-refractivity contribution < 1.29 is 23.7 Å². The van der Waals surface area contributed by atoms with Gasteiger partial charge in [0.05, 0.1) is 0 Å². The van der Waals surface area contributed by atoms with E-state index in [4.69, 9.17) is 23.7 Å². The number of hydrogen-bond acceptors (Lipinski definition) is 5. The third-order valence-corrected chi connectivity index (χ3v) is 3.64. The van der Waals surface area contributed by atoms with E-state index in [2.05, 4.69) is 6.58 Å².